The van der Waals surface area contributed by atoms with Gasteiger partial charge in [0, 0.05) is 0 Å². The Labute approximate surface area is 168 Å². The normalized spacial score (nSPS) is 17.4. The zero-order chi connectivity index (χ0) is 19.8. The topological polar surface area (TPSA) is 38.8 Å². The van der Waals surface area contributed by atoms with Gasteiger partial charge in [0.1, 0.15) is 12.4 Å². The summed E-state index contributed by atoms with van der Waals surface area (Å²) in [4.78, 5) is 14.7. The second kappa shape index (κ2) is 10.2. The number of hydrogen-bond acceptors (Lipinski definition) is 3. The fourth-order valence-corrected chi connectivity index (χ4v) is 3.94. The van der Waals surface area contributed by atoms with Crippen LogP contribution in [0.1, 0.15) is 68.7 Å². The van der Waals surface area contributed by atoms with E-state index in [1.807, 2.05) is 35.2 Å². The van der Waals surface area contributed by atoms with Crippen molar-refractivity contribution >= 4 is 6.09 Å². The van der Waals surface area contributed by atoms with Crippen molar-refractivity contribution in [2.45, 2.75) is 57.5 Å². The minimum absolute atomic E-state index is 0.00717. The number of unbranched alkanes of at least 4 members (excludes halogenated alkanes) is 4. The van der Waals surface area contributed by atoms with Gasteiger partial charge in [0.05, 0.1) is 19.2 Å². The molecule has 4 heteroatoms. The lowest BCUT2D eigenvalue weighted by atomic mass is 9.95. The zero-order valence-electron chi connectivity index (χ0n) is 17.0. The molecule has 0 bridgehead atoms. The zero-order valence-corrected chi connectivity index (χ0v) is 17.0. The fourth-order valence-electron chi connectivity index (χ4n) is 3.94. The molecule has 1 aliphatic rings. The first-order chi connectivity index (χ1) is 13.7. The summed E-state index contributed by atoms with van der Waals surface area (Å²) in [7, 11) is 1.67. The maximum absolute atomic E-state index is 12.7. The molecule has 0 aromatic heterocycles. The third-order valence-electron chi connectivity index (χ3n) is 5.51. The monoisotopic (exact) mass is 381 g/mol. The highest BCUT2D eigenvalue weighted by molar-refractivity contribution is 5.71. The van der Waals surface area contributed by atoms with E-state index in [1.54, 1.807) is 7.11 Å². The Balaban J connectivity index is 1.83. The minimum atomic E-state index is -0.219. The average molecular weight is 382 g/mol. The van der Waals surface area contributed by atoms with E-state index in [0.29, 0.717) is 6.61 Å². The van der Waals surface area contributed by atoms with Crippen molar-refractivity contribution < 1.29 is 14.3 Å². The Morgan fingerprint density at radius 2 is 1.75 bits per heavy atom. The van der Waals surface area contributed by atoms with Crippen LogP contribution >= 0.6 is 0 Å². The quantitative estimate of drug-likeness (QED) is 0.454. The molecule has 1 fully saturated rings. The van der Waals surface area contributed by atoms with E-state index in [0.717, 1.165) is 29.7 Å². The Hall–Kier alpha value is -2.49. The average Bonchev–Trinajstić information content (AvgIpc) is 3.13. The molecular formula is C24H31NO3. The van der Waals surface area contributed by atoms with Crippen LogP contribution in [0.2, 0.25) is 0 Å². The van der Waals surface area contributed by atoms with Crippen molar-refractivity contribution in [3.63, 3.8) is 0 Å². The number of benzene rings is 2. The largest absolute Gasteiger partial charge is 0.497 e. The van der Waals surface area contributed by atoms with Crippen molar-refractivity contribution in [1.29, 1.82) is 0 Å². The second-order valence-electron chi connectivity index (χ2n) is 7.40. The molecule has 4 nitrogen and oxygen atoms in total. The van der Waals surface area contributed by atoms with Gasteiger partial charge in [-0.2, -0.15) is 0 Å². The molecule has 0 saturated carbocycles. The highest BCUT2D eigenvalue weighted by atomic mass is 16.6. The molecule has 2 aromatic rings. The van der Waals surface area contributed by atoms with Crippen LogP contribution in [0.3, 0.4) is 0 Å². The van der Waals surface area contributed by atoms with Crippen molar-refractivity contribution in [3.05, 3.63) is 65.7 Å². The molecule has 1 amide bonds. The van der Waals surface area contributed by atoms with Gasteiger partial charge in [0.2, 0.25) is 0 Å². The summed E-state index contributed by atoms with van der Waals surface area (Å²) in [6.45, 7) is 2.64. The Morgan fingerprint density at radius 1 is 1.04 bits per heavy atom. The third-order valence-corrected chi connectivity index (χ3v) is 5.51. The maximum atomic E-state index is 12.7. The number of ether oxygens (including phenoxy) is 2. The highest BCUT2D eigenvalue weighted by Gasteiger charge is 2.39. The molecule has 2 atom stereocenters. The van der Waals surface area contributed by atoms with Gasteiger partial charge in [-0.25, -0.2) is 4.79 Å². The number of amides is 1. The molecule has 0 radical (unpaired) electrons. The molecule has 1 saturated heterocycles. The van der Waals surface area contributed by atoms with Gasteiger partial charge >= 0.3 is 6.09 Å². The van der Waals surface area contributed by atoms with Gasteiger partial charge in [0.25, 0.3) is 0 Å². The van der Waals surface area contributed by atoms with Crippen LogP contribution in [0.5, 0.6) is 5.75 Å². The summed E-state index contributed by atoms with van der Waals surface area (Å²) in [6.07, 6.45) is 6.76. The molecule has 3 rings (SSSR count). The van der Waals surface area contributed by atoms with Gasteiger partial charge in [-0.15, -0.1) is 0 Å². The molecular weight excluding hydrogens is 350 g/mol. The lowest BCUT2D eigenvalue weighted by Crippen LogP contribution is -2.32. The fraction of sp³-hybridized carbons (Fsp3) is 0.458. The lowest BCUT2D eigenvalue weighted by molar-refractivity contribution is 0.140. The van der Waals surface area contributed by atoms with Crippen LogP contribution in [-0.2, 0) is 4.74 Å². The smallest absolute Gasteiger partial charge is 0.411 e. The number of rotatable bonds is 10. The second-order valence-corrected chi connectivity index (χ2v) is 7.40. The summed E-state index contributed by atoms with van der Waals surface area (Å²) in [6, 6.07) is 18.2. The first kappa shape index (κ1) is 20.2. The van der Waals surface area contributed by atoms with E-state index in [1.165, 1.54) is 25.7 Å². The van der Waals surface area contributed by atoms with Crippen molar-refractivity contribution in [3.8, 4) is 5.75 Å². The van der Waals surface area contributed by atoms with E-state index in [-0.39, 0.29) is 18.2 Å². The predicted molar refractivity (Wildman–Crippen MR) is 111 cm³/mol. The molecule has 28 heavy (non-hydrogen) atoms. The third kappa shape index (κ3) is 4.86. The van der Waals surface area contributed by atoms with Crippen LogP contribution in [0.4, 0.5) is 4.79 Å². The number of carbonyl (C=O) groups excluding carboxylic acids is 1. The van der Waals surface area contributed by atoms with Crippen LogP contribution < -0.4 is 4.74 Å². The first-order valence-electron chi connectivity index (χ1n) is 10.4. The van der Waals surface area contributed by atoms with E-state index in [2.05, 4.69) is 31.2 Å². The van der Waals surface area contributed by atoms with Gasteiger partial charge in [-0.1, -0.05) is 81.5 Å². The molecule has 1 heterocycles. The van der Waals surface area contributed by atoms with Crippen LogP contribution in [0.25, 0.3) is 0 Å². The predicted octanol–water partition coefficient (Wildman–Crippen LogP) is 6.29. The number of hydrogen-bond donors (Lipinski definition) is 0. The summed E-state index contributed by atoms with van der Waals surface area (Å²) in [5.41, 5.74) is 2.26. The van der Waals surface area contributed by atoms with Gasteiger partial charge in [0.15, 0.2) is 0 Å². The van der Waals surface area contributed by atoms with Crippen LogP contribution in [0.15, 0.2) is 54.6 Å². The number of carbonyl (C=O) groups is 1. The number of methoxy groups -OCH3 is 1. The Bertz CT molecular complexity index is 729. The van der Waals surface area contributed by atoms with E-state index in [4.69, 9.17) is 9.47 Å². The summed E-state index contributed by atoms with van der Waals surface area (Å²) >= 11 is 0. The number of nitrogens with zero attached hydrogens (tertiary/aromatic N) is 1. The van der Waals surface area contributed by atoms with E-state index in [9.17, 15) is 4.79 Å². The first-order valence-corrected chi connectivity index (χ1v) is 10.4. The van der Waals surface area contributed by atoms with E-state index >= 15 is 0 Å². The maximum Gasteiger partial charge on any atom is 0.411 e. The molecule has 150 valence electrons. The highest BCUT2D eigenvalue weighted by Crippen LogP contribution is 2.39. The lowest BCUT2D eigenvalue weighted by Gasteiger charge is -2.31. The molecule has 1 aliphatic heterocycles. The summed E-state index contributed by atoms with van der Waals surface area (Å²) in [5, 5.41) is 0. The number of cyclic esters (lactones) is 1. The minimum Gasteiger partial charge on any atom is -0.497 e. The van der Waals surface area contributed by atoms with Crippen molar-refractivity contribution in [2.24, 2.45) is 0 Å². The molecule has 2 aromatic carbocycles. The molecule has 0 aliphatic carbocycles. The van der Waals surface area contributed by atoms with Crippen LogP contribution in [0, 0.1) is 0 Å². The Morgan fingerprint density at radius 3 is 2.43 bits per heavy atom. The standard InChI is InChI=1S/C24H31NO3/c1-3-4-5-6-10-13-22(20-14-16-21(27-2)17-15-20)25-23(18-28-24(25)26)19-11-8-7-9-12-19/h7-9,11-12,14-17,22-23H,3-6,10,13,18H2,1-2H3/t22-,23-/m0/s1. The van der Waals surface area contributed by atoms with Gasteiger partial charge in [-0.3, -0.25) is 4.90 Å². The Kier molecular flexibility index (Phi) is 7.35. The van der Waals surface area contributed by atoms with Gasteiger partial charge < -0.3 is 9.47 Å². The SMILES string of the molecule is CCCCCCC[C@@H](c1ccc(OC)cc1)N1C(=O)OC[C@H]1c1ccccc1. The molecule has 0 unspecified atom stereocenters. The van der Waals surface area contributed by atoms with Crippen molar-refractivity contribution in [2.75, 3.05) is 13.7 Å². The van der Waals surface area contributed by atoms with Crippen molar-refractivity contribution in [1.82, 2.24) is 4.90 Å². The molecule has 0 spiro atoms. The molecule has 0 N–H and O–H groups in total. The summed E-state index contributed by atoms with van der Waals surface area (Å²) < 4.78 is 10.8. The van der Waals surface area contributed by atoms with Crippen LogP contribution in [-0.4, -0.2) is 24.7 Å². The summed E-state index contributed by atoms with van der Waals surface area (Å²) in [5.74, 6) is 0.828. The van der Waals surface area contributed by atoms with Gasteiger partial charge in [-0.05, 0) is 29.7 Å². The van der Waals surface area contributed by atoms with E-state index < -0.39 is 0 Å².